The fourth-order valence-electron chi connectivity index (χ4n) is 2.36. The summed E-state index contributed by atoms with van der Waals surface area (Å²) < 4.78 is 5.22. The summed E-state index contributed by atoms with van der Waals surface area (Å²) in [4.78, 5) is 29.9. The van der Waals surface area contributed by atoms with Crippen LogP contribution in [0.4, 0.5) is 11.7 Å². The molecule has 28 heavy (non-hydrogen) atoms. The van der Waals surface area contributed by atoms with Crippen LogP contribution in [-0.4, -0.2) is 26.7 Å². The van der Waals surface area contributed by atoms with Gasteiger partial charge in [0.05, 0.1) is 15.0 Å². The molecule has 0 saturated carbocycles. The zero-order chi connectivity index (χ0) is 20.3. The lowest BCUT2D eigenvalue weighted by Gasteiger charge is -2.01. The molecule has 3 rings (SSSR count). The van der Waals surface area contributed by atoms with Gasteiger partial charge in [-0.3, -0.25) is 10.1 Å². The molecule has 8 nitrogen and oxygen atoms in total. The molecule has 0 fully saturated rings. The number of rotatable bonds is 6. The lowest BCUT2D eigenvalue weighted by Crippen LogP contribution is -2.15. The highest BCUT2D eigenvalue weighted by Crippen LogP contribution is 2.29. The zero-order valence-corrected chi connectivity index (χ0v) is 15.5. The Morgan fingerprint density at radius 3 is 2.68 bits per heavy atom. The summed E-state index contributed by atoms with van der Waals surface area (Å²) in [5.74, 6) is -1.29. The van der Waals surface area contributed by atoms with E-state index in [0.717, 1.165) is 0 Å². The minimum atomic E-state index is -1.29. The highest BCUT2D eigenvalue weighted by atomic mass is 35.5. The highest BCUT2D eigenvalue weighted by Gasteiger charge is 2.16. The van der Waals surface area contributed by atoms with E-state index < -0.39 is 10.9 Å². The molecule has 0 saturated heterocycles. The minimum absolute atomic E-state index is 0.137. The maximum Gasteiger partial charge on any atom is 0.350 e. The average Bonchev–Trinajstić information content (AvgIpc) is 3.12. The van der Waals surface area contributed by atoms with Crippen molar-refractivity contribution in [2.45, 2.75) is 6.42 Å². The van der Waals surface area contributed by atoms with Crippen LogP contribution < -0.4 is 0 Å². The van der Waals surface area contributed by atoms with Crippen LogP contribution in [0.25, 0.3) is 11.3 Å². The molecule has 2 aromatic carbocycles. The summed E-state index contributed by atoms with van der Waals surface area (Å²) >= 11 is 11.9. The topological polar surface area (TPSA) is 119 Å². The molecule has 1 heterocycles. The van der Waals surface area contributed by atoms with E-state index in [0.29, 0.717) is 26.9 Å². The van der Waals surface area contributed by atoms with Gasteiger partial charge in [-0.25, -0.2) is 4.79 Å². The smallest absolute Gasteiger partial charge is 0.350 e. The minimum Gasteiger partial charge on any atom is -0.477 e. The van der Waals surface area contributed by atoms with Crippen molar-refractivity contribution in [2.24, 2.45) is 4.99 Å². The van der Waals surface area contributed by atoms with Crippen molar-refractivity contribution in [3.8, 4) is 11.3 Å². The number of hydrogen-bond acceptors (Lipinski definition) is 6. The van der Waals surface area contributed by atoms with E-state index in [2.05, 4.69) is 9.98 Å². The van der Waals surface area contributed by atoms with Gasteiger partial charge in [-0.05, 0) is 17.7 Å². The van der Waals surface area contributed by atoms with Gasteiger partial charge >= 0.3 is 12.0 Å². The quantitative estimate of drug-likeness (QED) is 0.342. The number of nitro benzene ring substituents is 1. The Kier molecular flexibility index (Phi) is 5.72. The molecular weight excluding hydrogens is 409 g/mol. The first-order valence-corrected chi connectivity index (χ1v) is 8.54. The Morgan fingerprint density at radius 2 is 2.00 bits per heavy atom. The number of oxazole rings is 1. The molecule has 0 aliphatic rings. The van der Waals surface area contributed by atoms with Gasteiger partial charge < -0.3 is 9.52 Å². The van der Waals surface area contributed by atoms with Gasteiger partial charge in [0.25, 0.3) is 5.69 Å². The van der Waals surface area contributed by atoms with Crippen LogP contribution in [0, 0.1) is 10.1 Å². The summed E-state index contributed by atoms with van der Waals surface area (Å²) in [6, 6.07) is 10.4. The summed E-state index contributed by atoms with van der Waals surface area (Å²) in [5, 5.41) is 21.0. The molecule has 10 heteroatoms. The molecule has 0 radical (unpaired) electrons. The van der Waals surface area contributed by atoms with Crippen LogP contribution >= 0.6 is 23.2 Å². The van der Waals surface area contributed by atoms with E-state index in [4.69, 9.17) is 27.6 Å². The molecule has 0 spiro atoms. The largest absolute Gasteiger partial charge is 0.477 e. The Hall–Kier alpha value is -3.23. The molecule has 0 aliphatic heterocycles. The van der Waals surface area contributed by atoms with E-state index in [9.17, 15) is 20.0 Å². The Bertz CT molecular complexity index is 1090. The Balaban J connectivity index is 1.88. The normalized spacial score (nSPS) is 11.4. The van der Waals surface area contributed by atoms with Crippen molar-refractivity contribution >= 4 is 46.6 Å². The fourth-order valence-corrected chi connectivity index (χ4v) is 2.65. The number of nitrogens with zero attached hydrogens (tertiary/aromatic N) is 3. The first-order valence-electron chi connectivity index (χ1n) is 7.78. The summed E-state index contributed by atoms with van der Waals surface area (Å²) in [5.41, 5.74) is 1.03. The predicted molar refractivity (Wildman–Crippen MR) is 103 cm³/mol. The van der Waals surface area contributed by atoms with E-state index in [-0.39, 0.29) is 23.8 Å². The van der Waals surface area contributed by atoms with Gasteiger partial charge in [0.15, 0.2) is 0 Å². The second kappa shape index (κ2) is 8.20. The second-order valence-corrected chi connectivity index (χ2v) is 6.43. The molecular formula is C18H11Cl2N3O5. The van der Waals surface area contributed by atoms with Gasteiger partial charge in [0.2, 0.25) is 0 Å². The van der Waals surface area contributed by atoms with E-state index >= 15 is 0 Å². The van der Waals surface area contributed by atoms with Crippen molar-refractivity contribution in [1.82, 2.24) is 4.98 Å². The number of aliphatic carboxylic acids is 1. The Labute approximate surface area is 168 Å². The number of hydrogen-bond donors (Lipinski definition) is 1. The SMILES string of the molecule is O=C(O)/C(Cc1cccc([N+](=O)[O-])c1)=N/c1nc(-c2ccc(Cl)c(Cl)c2)co1. The number of benzene rings is 2. The van der Waals surface area contributed by atoms with Crippen molar-refractivity contribution in [1.29, 1.82) is 0 Å². The lowest BCUT2D eigenvalue weighted by atomic mass is 10.1. The third-order valence-corrected chi connectivity index (χ3v) is 4.42. The van der Waals surface area contributed by atoms with Crippen LogP contribution in [0.2, 0.25) is 10.0 Å². The maximum atomic E-state index is 11.5. The summed E-state index contributed by atoms with van der Waals surface area (Å²) in [7, 11) is 0. The van der Waals surface area contributed by atoms with E-state index in [1.807, 2.05) is 0 Å². The van der Waals surface area contributed by atoms with Crippen molar-refractivity contribution < 1.29 is 19.2 Å². The molecule has 1 aromatic heterocycles. The van der Waals surface area contributed by atoms with Crippen LogP contribution in [0.3, 0.4) is 0 Å². The van der Waals surface area contributed by atoms with Gasteiger partial charge in [0.1, 0.15) is 17.7 Å². The molecule has 142 valence electrons. The molecule has 1 N–H and O–H groups in total. The molecule has 0 unspecified atom stereocenters. The third kappa shape index (κ3) is 4.54. The van der Waals surface area contributed by atoms with Crippen LogP contribution in [-0.2, 0) is 11.2 Å². The standard InChI is InChI=1S/C18H11Cl2N3O5/c19-13-5-4-11(8-14(13)20)16-9-28-18(22-16)21-15(17(24)25)7-10-2-1-3-12(6-10)23(26)27/h1-6,8-9H,7H2,(H,24,25)/b21-15+. The van der Waals surface area contributed by atoms with Gasteiger partial charge in [-0.1, -0.05) is 41.4 Å². The maximum absolute atomic E-state index is 11.5. The van der Waals surface area contributed by atoms with E-state index in [1.165, 1.54) is 24.5 Å². The summed E-state index contributed by atoms with van der Waals surface area (Å²) in [6.07, 6.45) is 1.17. The molecule has 0 bridgehead atoms. The van der Waals surface area contributed by atoms with Crippen LogP contribution in [0.5, 0.6) is 0 Å². The van der Waals surface area contributed by atoms with Gasteiger partial charge in [0, 0.05) is 24.1 Å². The van der Waals surface area contributed by atoms with Crippen molar-refractivity contribution in [3.63, 3.8) is 0 Å². The highest BCUT2D eigenvalue weighted by molar-refractivity contribution is 6.42. The molecule has 0 atom stereocenters. The first-order chi connectivity index (χ1) is 13.3. The average molecular weight is 420 g/mol. The number of aliphatic imine (C=N–C) groups is 1. The Morgan fingerprint density at radius 1 is 1.21 bits per heavy atom. The van der Waals surface area contributed by atoms with Crippen LogP contribution in [0.15, 0.2) is 58.1 Å². The zero-order valence-electron chi connectivity index (χ0n) is 14.0. The van der Waals surface area contributed by atoms with Crippen molar-refractivity contribution in [3.05, 3.63) is 74.5 Å². The van der Waals surface area contributed by atoms with Gasteiger partial charge in [-0.2, -0.15) is 9.98 Å². The fraction of sp³-hybridized carbons (Fsp3) is 0.0556. The molecule has 0 amide bonds. The predicted octanol–water partition coefficient (Wildman–Crippen LogP) is 4.96. The van der Waals surface area contributed by atoms with E-state index in [1.54, 1.807) is 24.3 Å². The number of carboxylic acid groups (broad SMARTS) is 1. The first kappa shape index (κ1) is 19.5. The van der Waals surface area contributed by atoms with Gasteiger partial charge in [-0.15, -0.1) is 0 Å². The number of aromatic nitrogens is 1. The van der Waals surface area contributed by atoms with Crippen molar-refractivity contribution in [2.75, 3.05) is 0 Å². The lowest BCUT2D eigenvalue weighted by molar-refractivity contribution is -0.384. The monoisotopic (exact) mass is 419 g/mol. The number of carboxylic acids is 1. The number of nitro groups is 1. The number of non-ortho nitro benzene ring substituents is 1. The molecule has 0 aliphatic carbocycles. The number of carbonyl (C=O) groups is 1. The molecule has 3 aromatic rings. The number of halogens is 2. The summed E-state index contributed by atoms with van der Waals surface area (Å²) in [6.45, 7) is 0. The third-order valence-electron chi connectivity index (χ3n) is 3.68. The van der Waals surface area contributed by atoms with Crippen LogP contribution in [0.1, 0.15) is 5.56 Å². The second-order valence-electron chi connectivity index (χ2n) is 5.61.